The third kappa shape index (κ3) is 2.52. The van der Waals surface area contributed by atoms with Crippen molar-refractivity contribution < 1.29 is 4.39 Å². The van der Waals surface area contributed by atoms with Gasteiger partial charge in [-0.2, -0.15) is 0 Å². The quantitative estimate of drug-likeness (QED) is 0.743. The lowest BCUT2D eigenvalue weighted by atomic mass is 10.2. The molecule has 1 aromatic rings. The molecule has 0 aliphatic heterocycles. The first-order valence-electron chi connectivity index (χ1n) is 4.45. The van der Waals surface area contributed by atoms with E-state index in [9.17, 15) is 4.39 Å². The van der Waals surface area contributed by atoms with Gasteiger partial charge in [-0.15, -0.1) is 0 Å². The van der Waals surface area contributed by atoms with Crippen LogP contribution in [0.15, 0.2) is 0 Å². The van der Waals surface area contributed by atoms with Gasteiger partial charge in [-0.05, 0) is 20.9 Å². The van der Waals surface area contributed by atoms with Gasteiger partial charge in [0, 0.05) is 18.2 Å². The fourth-order valence-electron chi connectivity index (χ4n) is 1.18. The fraction of sp³-hybridized carbons (Fsp3) is 0.667. The van der Waals surface area contributed by atoms with Crippen molar-refractivity contribution in [1.82, 2.24) is 15.3 Å². The van der Waals surface area contributed by atoms with Crippen LogP contribution >= 0.6 is 0 Å². The molecule has 1 heterocycles. The largest absolute Gasteiger partial charge is 0.346 e. The summed E-state index contributed by atoms with van der Waals surface area (Å²) in [7, 11) is 1.90. The van der Waals surface area contributed by atoms with Gasteiger partial charge in [0.15, 0.2) is 0 Å². The second-order valence-electron chi connectivity index (χ2n) is 3.28. The minimum atomic E-state index is -0.490. The molecular weight excluding hydrogens is 169 g/mol. The summed E-state index contributed by atoms with van der Waals surface area (Å²) in [5, 5.41) is 3.11. The predicted molar refractivity (Wildman–Crippen MR) is 50.4 cm³/mol. The molecule has 0 fully saturated rings. The van der Waals surface area contributed by atoms with Gasteiger partial charge in [0.1, 0.15) is 12.5 Å². The molecule has 1 unspecified atom stereocenters. The van der Waals surface area contributed by atoms with Gasteiger partial charge in [0.2, 0.25) is 0 Å². The summed E-state index contributed by atoms with van der Waals surface area (Å²) in [5.41, 5.74) is 1.36. The highest BCUT2D eigenvalue weighted by Gasteiger charge is 2.08. The van der Waals surface area contributed by atoms with Gasteiger partial charge in [-0.1, -0.05) is 0 Å². The molecule has 13 heavy (non-hydrogen) atoms. The zero-order valence-corrected chi connectivity index (χ0v) is 8.32. The molecular formula is C9H16FN3. The first kappa shape index (κ1) is 10.2. The number of aromatic nitrogens is 2. The van der Waals surface area contributed by atoms with Crippen molar-refractivity contribution in [2.45, 2.75) is 33.0 Å². The van der Waals surface area contributed by atoms with Crippen molar-refractivity contribution in [3.05, 3.63) is 17.2 Å². The van der Waals surface area contributed by atoms with E-state index in [0.717, 1.165) is 17.9 Å². The molecule has 0 radical (unpaired) electrons. The Kier molecular flexibility index (Phi) is 3.42. The zero-order valence-electron chi connectivity index (χ0n) is 8.32. The van der Waals surface area contributed by atoms with Gasteiger partial charge in [-0.25, -0.2) is 9.37 Å². The number of nitrogens with one attached hydrogen (secondary N) is 2. The molecule has 4 heteroatoms. The maximum absolute atomic E-state index is 12.3. The van der Waals surface area contributed by atoms with Gasteiger partial charge < -0.3 is 10.3 Å². The monoisotopic (exact) mass is 185 g/mol. The summed E-state index contributed by atoms with van der Waals surface area (Å²) < 4.78 is 12.3. The standard InChI is InChI=1S/C9H16FN3/c1-6(11-3)4-9-12-7(2)8(5-10)13-9/h6,11H,4-5H2,1-3H3,(H,12,13). The second kappa shape index (κ2) is 4.37. The Hall–Kier alpha value is -0.900. The Bertz CT molecular complexity index is 270. The van der Waals surface area contributed by atoms with Crippen LogP contribution in [0, 0.1) is 6.92 Å². The first-order chi connectivity index (χ1) is 6.17. The number of imidazole rings is 1. The lowest BCUT2D eigenvalue weighted by Gasteiger charge is -2.06. The Balaban J connectivity index is 2.67. The molecule has 0 amide bonds. The van der Waals surface area contributed by atoms with Gasteiger partial charge >= 0.3 is 0 Å². The first-order valence-corrected chi connectivity index (χ1v) is 4.45. The van der Waals surface area contributed by atoms with E-state index in [-0.39, 0.29) is 0 Å². The molecule has 0 spiro atoms. The molecule has 1 rings (SSSR count). The van der Waals surface area contributed by atoms with Crippen molar-refractivity contribution in [3.8, 4) is 0 Å². The van der Waals surface area contributed by atoms with Crippen molar-refractivity contribution in [2.75, 3.05) is 7.05 Å². The molecule has 1 atom stereocenters. The van der Waals surface area contributed by atoms with E-state index in [1.165, 1.54) is 0 Å². The number of rotatable bonds is 4. The number of H-pyrrole nitrogens is 1. The molecule has 1 aromatic heterocycles. The smallest absolute Gasteiger partial charge is 0.133 e. The number of halogens is 1. The lowest BCUT2D eigenvalue weighted by Crippen LogP contribution is -2.24. The number of hydrogen-bond donors (Lipinski definition) is 2. The van der Waals surface area contributed by atoms with Crippen LogP contribution in [0.1, 0.15) is 24.1 Å². The van der Waals surface area contributed by atoms with Crippen LogP contribution in [-0.2, 0) is 13.1 Å². The fourth-order valence-corrected chi connectivity index (χ4v) is 1.18. The summed E-state index contributed by atoms with van der Waals surface area (Å²) in [4.78, 5) is 7.22. The molecule has 0 saturated heterocycles. The van der Waals surface area contributed by atoms with Crippen LogP contribution in [-0.4, -0.2) is 23.1 Å². The van der Waals surface area contributed by atoms with E-state index < -0.39 is 6.67 Å². The van der Waals surface area contributed by atoms with Gasteiger partial charge in [-0.3, -0.25) is 0 Å². The summed E-state index contributed by atoms with van der Waals surface area (Å²) in [5.74, 6) is 0.854. The van der Waals surface area contributed by atoms with E-state index >= 15 is 0 Å². The van der Waals surface area contributed by atoms with Crippen molar-refractivity contribution >= 4 is 0 Å². The van der Waals surface area contributed by atoms with Crippen LogP contribution < -0.4 is 5.32 Å². The summed E-state index contributed by atoms with van der Waals surface area (Å²) in [6.45, 7) is 3.42. The molecule has 0 aromatic carbocycles. The average Bonchev–Trinajstić information content (AvgIpc) is 2.46. The molecule has 0 saturated carbocycles. The number of aryl methyl sites for hydroxylation is 1. The molecule has 2 N–H and O–H groups in total. The van der Waals surface area contributed by atoms with Crippen LogP contribution in [0.2, 0.25) is 0 Å². The van der Waals surface area contributed by atoms with E-state index in [0.29, 0.717) is 11.7 Å². The van der Waals surface area contributed by atoms with Crippen LogP contribution in [0.5, 0.6) is 0 Å². The Morgan fingerprint density at radius 3 is 2.77 bits per heavy atom. The predicted octanol–water partition coefficient (Wildman–Crippen LogP) is 1.34. The number of alkyl halides is 1. The topological polar surface area (TPSA) is 40.7 Å². The average molecular weight is 185 g/mol. The third-order valence-electron chi connectivity index (χ3n) is 2.15. The summed E-state index contributed by atoms with van der Waals surface area (Å²) in [6.07, 6.45) is 0.803. The summed E-state index contributed by atoms with van der Waals surface area (Å²) in [6, 6.07) is 0.359. The normalized spacial score (nSPS) is 13.2. The maximum Gasteiger partial charge on any atom is 0.133 e. The van der Waals surface area contributed by atoms with Crippen molar-refractivity contribution in [2.24, 2.45) is 0 Å². The summed E-state index contributed by atoms with van der Waals surface area (Å²) >= 11 is 0. The number of likely N-dealkylation sites (N-methyl/N-ethyl adjacent to an activating group) is 1. The molecule has 0 aliphatic rings. The van der Waals surface area contributed by atoms with Gasteiger partial charge in [0.25, 0.3) is 0 Å². The van der Waals surface area contributed by atoms with E-state index in [1.807, 2.05) is 14.0 Å². The minimum absolute atomic E-state index is 0.359. The highest BCUT2D eigenvalue weighted by Crippen LogP contribution is 2.07. The molecule has 74 valence electrons. The molecule has 3 nitrogen and oxygen atoms in total. The second-order valence-corrected chi connectivity index (χ2v) is 3.28. The van der Waals surface area contributed by atoms with Gasteiger partial charge in [0.05, 0.1) is 5.69 Å². The SMILES string of the molecule is CNC(C)Cc1nc(CF)c(C)[nH]1. The van der Waals surface area contributed by atoms with Crippen LogP contribution in [0.4, 0.5) is 4.39 Å². The minimum Gasteiger partial charge on any atom is -0.346 e. The highest BCUT2D eigenvalue weighted by molar-refractivity contribution is 5.12. The van der Waals surface area contributed by atoms with Crippen molar-refractivity contribution in [3.63, 3.8) is 0 Å². The van der Waals surface area contributed by atoms with E-state index in [2.05, 4.69) is 22.2 Å². The van der Waals surface area contributed by atoms with Crippen molar-refractivity contribution in [1.29, 1.82) is 0 Å². The van der Waals surface area contributed by atoms with E-state index in [1.54, 1.807) is 0 Å². The number of hydrogen-bond acceptors (Lipinski definition) is 2. The zero-order chi connectivity index (χ0) is 9.84. The Morgan fingerprint density at radius 1 is 1.62 bits per heavy atom. The number of aromatic amines is 1. The van der Waals surface area contributed by atoms with Crippen LogP contribution in [0.25, 0.3) is 0 Å². The molecule has 0 aliphatic carbocycles. The third-order valence-corrected chi connectivity index (χ3v) is 2.15. The number of nitrogens with zero attached hydrogens (tertiary/aromatic N) is 1. The lowest BCUT2D eigenvalue weighted by molar-refractivity contribution is 0.474. The maximum atomic E-state index is 12.3. The molecule has 0 bridgehead atoms. The van der Waals surface area contributed by atoms with E-state index in [4.69, 9.17) is 0 Å². The van der Waals surface area contributed by atoms with Crippen LogP contribution in [0.3, 0.4) is 0 Å². The Morgan fingerprint density at radius 2 is 2.31 bits per heavy atom. The highest BCUT2D eigenvalue weighted by atomic mass is 19.1. The Labute approximate surface area is 77.8 Å².